The van der Waals surface area contributed by atoms with Crippen LogP contribution in [0.1, 0.15) is 12.8 Å². The molecular formula is C14H20N4O2. The van der Waals surface area contributed by atoms with Gasteiger partial charge in [0, 0.05) is 19.6 Å². The van der Waals surface area contributed by atoms with E-state index >= 15 is 0 Å². The number of morpholine rings is 1. The van der Waals surface area contributed by atoms with Crippen molar-refractivity contribution >= 4 is 17.4 Å². The van der Waals surface area contributed by atoms with Crippen molar-refractivity contribution in [3.63, 3.8) is 0 Å². The summed E-state index contributed by atoms with van der Waals surface area (Å²) in [5.41, 5.74) is 6.05. The molecule has 3 N–H and O–H groups in total. The number of carbonyl (C=O) groups is 1. The van der Waals surface area contributed by atoms with Gasteiger partial charge in [0.15, 0.2) is 0 Å². The second kappa shape index (κ2) is 5.38. The van der Waals surface area contributed by atoms with Crippen molar-refractivity contribution in [1.29, 1.82) is 0 Å². The molecule has 1 saturated carbocycles. The Morgan fingerprint density at radius 2 is 2.15 bits per heavy atom. The van der Waals surface area contributed by atoms with E-state index in [1.807, 2.05) is 12.1 Å². The van der Waals surface area contributed by atoms with Gasteiger partial charge in [0.05, 0.1) is 30.5 Å². The number of ether oxygens (including phenoxy) is 1. The van der Waals surface area contributed by atoms with Crippen LogP contribution < -0.4 is 16.0 Å². The van der Waals surface area contributed by atoms with E-state index < -0.39 is 0 Å². The smallest absolute Gasteiger partial charge is 0.231 e. The average Bonchev–Trinajstić information content (AvgIpc) is 3.30. The lowest BCUT2D eigenvalue weighted by molar-refractivity contribution is -0.120. The Morgan fingerprint density at radius 1 is 1.40 bits per heavy atom. The topological polar surface area (TPSA) is 80.5 Å². The molecule has 0 spiro atoms. The number of hydrogen-bond donors (Lipinski definition) is 2. The number of pyridine rings is 1. The Kier molecular flexibility index (Phi) is 3.58. The quantitative estimate of drug-likeness (QED) is 0.841. The van der Waals surface area contributed by atoms with Gasteiger partial charge in [0.1, 0.15) is 5.82 Å². The molecule has 2 aliphatic rings. The van der Waals surface area contributed by atoms with Crippen molar-refractivity contribution in [2.75, 3.05) is 43.1 Å². The van der Waals surface area contributed by atoms with E-state index in [-0.39, 0.29) is 11.3 Å². The highest BCUT2D eigenvalue weighted by Crippen LogP contribution is 2.45. The highest BCUT2D eigenvalue weighted by molar-refractivity contribution is 5.97. The fourth-order valence-corrected chi connectivity index (χ4v) is 2.38. The summed E-state index contributed by atoms with van der Waals surface area (Å²) < 4.78 is 5.32. The van der Waals surface area contributed by atoms with Crippen LogP contribution in [0.25, 0.3) is 0 Å². The molecule has 0 unspecified atom stereocenters. The first-order valence-electron chi connectivity index (χ1n) is 7.04. The highest BCUT2D eigenvalue weighted by atomic mass is 16.5. The molecule has 3 rings (SSSR count). The molecule has 1 amide bonds. The minimum atomic E-state index is -0.330. The van der Waals surface area contributed by atoms with Gasteiger partial charge < -0.3 is 20.7 Å². The molecule has 6 heteroatoms. The molecule has 1 aliphatic carbocycles. The summed E-state index contributed by atoms with van der Waals surface area (Å²) in [6.07, 6.45) is 3.47. The van der Waals surface area contributed by atoms with Crippen molar-refractivity contribution in [2.45, 2.75) is 12.8 Å². The lowest BCUT2D eigenvalue weighted by Crippen LogP contribution is -2.36. The van der Waals surface area contributed by atoms with Crippen LogP contribution in [0.4, 0.5) is 11.5 Å². The van der Waals surface area contributed by atoms with Gasteiger partial charge in [-0.15, -0.1) is 0 Å². The Labute approximate surface area is 118 Å². The fraction of sp³-hybridized carbons (Fsp3) is 0.571. The number of anilines is 2. The molecule has 108 valence electrons. The van der Waals surface area contributed by atoms with Gasteiger partial charge in [-0.3, -0.25) is 4.79 Å². The third-order valence-electron chi connectivity index (χ3n) is 4.07. The number of nitrogens with two attached hydrogens (primary N) is 1. The third kappa shape index (κ3) is 2.62. The van der Waals surface area contributed by atoms with Gasteiger partial charge in [-0.2, -0.15) is 0 Å². The Balaban J connectivity index is 1.62. The van der Waals surface area contributed by atoms with Crippen molar-refractivity contribution in [3.05, 3.63) is 18.3 Å². The lowest BCUT2D eigenvalue weighted by atomic mass is 10.1. The summed E-state index contributed by atoms with van der Waals surface area (Å²) >= 11 is 0. The highest BCUT2D eigenvalue weighted by Gasteiger charge is 2.48. The van der Waals surface area contributed by atoms with E-state index in [0.717, 1.165) is 50.7 Å². The standard InChI is InChI=1S/C14H20N4O2/c15-10-14(3-4-14)13(19)17-11-1-2-12(16-9-11)18-5-7-20-8-6-18/h1-2,9H,3-8,10,15H2,(H,17,19). The van der Waals surface area contributed by atoms with E-state index in [1.54, 1.807) is 6.20 Å². The van der Waals surface area contributed by atoms with Crippen LogP contribution in [0, 0.1) is 5.41 Å². The zero-order chi connectivity index (χ0) is 14.0. The van der Waals surface area contributed by atoms with Crippen molar-refractivity contribution in [3.8, 4) is 0 Å². The Bertz CT molecular complexity index is 478. The molecule has 2 heterocycles. The Hall–Kier alpha value is -1.66. The number of rotatable bonds is 4. The van der Waals surface area contributed by atoms with Gasteiger partial charge in [-0.25, -0.2) is 4.98 Å². The summed E-state index contributed by atoms with van der Waals surface area (Å²) in [6.45, 7) is 3.60. The maximum atomic E-state index is 12.1. The van der Waals surface area contributed by atoms with Crippen molar-refractivity contribution in [2.24, 2.45) is 11.1 Å². The zero-order valence-electron chi connectivity index (χ0n) is 11.5. The molecule has 1 aliphatic heterocycles. The molecule has 1 aromatic rings. The first-order valence-corrected chi connectivity index (χ1v) is 7.04. The molecule has 0 aromatic carbocycles. The van der Waals surface area contributed by atoms with Crippen LogP contribution in [0.5, 0.6) is 0 Å². The van der Waals surface area contributed by atoms with Gasteiger partial charge in [0.25, 0.3) is 0 Å². The number of carbonyl (C=O) groups excluding carboxylic acids is 1. The predicted octanol–water partition coefficient (Wildman–Crippen LogP) is 0.596. The minimum Gasteiger partial charge on any atom is -0.378 e. The number of hydrogen-bond acceptors (Lipinski definition) is 5. The molecular weight excluding hydrogens is 256 g/mol. The summed E-state index contributed by atoms with van der Waals surface area (Å²) in [6, 6.07) is 3.82. The van der Waals surface area contributed by atoms with Crippen LogP contribution >= 0.6 is 0 Å². The van der Waals surface area contributed by atoms with Gasteiger partial charge in [-0.05, 0) is 25.0 Å². The summed E-state index contributed by atoms with van der Waals surface area (Å²) in [5, 5.41) is 2.90. The second-order valence-electron chi connectivity index (χ2n) is 5.44. The number of nitrogens with one attached hydrogen (secondary N) is 1. The summed E-state index contributed by atoms with van der Waals surface area (Å²) in [5.74, 6) is 0.937. The molecule has 0 atom stereocenters. The third-order valence-corrected chi connectivity index (χ3v) is 4.07. The van der Waals surface area contributed by atoms with Crippen LogP contribution in [-0.2, 0) is 9.53 Å². The minimum absolute atomic E-state index is 0.0147. The molecule has 0 bridgehead atoms. The van der Waals surface area contributed by atoms with Crippen LogP contribution in [0.3, 0.4) is 0 Å². The molecule has 6 nitrogen and oxygen atoms in total. The number of nitrogens with zero attached hydrogens (tertiary/aromatic N) is 2. The SMILES string of the molecule is NCC1(C(=O)Nc2ccc(N3CCOCC3)nc2)CC1. The van der Waals surface area contributed by atoms with E-state index in [4.69, 9.17) is 10.5 Å². The van der Waals surface area contributed by atoms with Crippen molar-refractivity contribution in [1.82, 2.24) is 4.98 Å². The molecule has 2 fully saturated rings. The van der Waals surface area contributed by atoms with Crippen molar-refractivity contribution < 1.29 is 9.53 Å². The van der Waals surface area contributed by atoms with E-state index in [9.17, 15) is 4.79 Å². The maximum Gasteiger partial charge on any atom is 0.231 e. The first kappa shape index (κ1) is 13.3. The van der Waals surface area contributed by atoms with E-state index in [0.29, 0.717) is 6.54 Å². The van der Waals surface area contributed by atoms with Gasteiger partial charge in [-0.1, -0.05) is 0 Å². The molecule has 0 radical (unpaired) electrons. The molecule has 20 heavy (non-hydrogen) atoms. The average molecular weight is 276 g/mol. The number of amides is 1. The molecule has 1 saturated heterocycles. The van der Waals surface area contributed by atoms with Crippen LogP contribution in [0.2, 0.25) is 0 Å². The lowest BCUT2D eigenvalue weighted by Gasteiger charge is -2.27. The number of aromatic nitrogens is 1. The summed E-state index contributed by atoms with van der Waals surface area (Å²) in [4.78, 5) is 18.7. The first-order chi connectivity index (χ1) is 9.73. The van der Waals surface area contributed by atoms with Gasteiger partial charge in [0.2, 0.25) is 5.91 Å². The van der Waals surface area contributed by atoms with Crippen LogP contribution in [0.15, 0.2) is 18.3 Å². The fourth-order valence-electron chi connectivity index (χ4n) is 2.38. The normalized spacial score (nSPS) is 20.6. The monoisotopic (exact) mass is 276 g/mol. The largest absolute Gasteiger partial charge is 0.378 e. The second-order valence-corrected chi connectivity index (χ2v) is 5.44. The zero-order valence-corrected chi connectivity index (χ0v) is 11.5. The predicted molar refractivity (Wildman–Crippen MR) is 76.6 cm³/mol. The van der Waals surface area contributed by atoms with E-state index in [1.165, 1.54) is 0 Å². The van der Waals surface area contributed by atoms with Crippen LogP contribution in [-0.4, -0.2) is 43.7 Å². The maximum absolute atomic E-state index is 12.1. The van der Waals surface area contributed by atoms with E-state index in [2.05, 4.69) is 15.2 Å². The summed E-state index contributed by atoms with van der Waals surface area (Å²) in [7, 11) is 0. The molecule has 1 aromatic heterocycles. The Morgan fingerprint density at radius 3 is 2.70 bits per heavy atom. The van der Waals surface area contributed by atoms with Gasteiger partial charge >= 0.3 is 0 Å².